The topological polar surface area (TPSA) is 105 Å². The van der Waals surface area contributed by atoms with E-state index in [0.717, 1.165) is 28.3 Å². The molecule has 0 unspecified atom stereocenters. The highest BCUT2D eigenvalue weighted by molar-refractivity contribution is 7.92. The Morgan fingerprint density at radius 3 is 2.17 bits per heavy atom. The van der Waals surface area contributed by atoms with Crippen molar-refractivity contribution < 1.29 is 27.5 Å². The van der Waals surface area contributed by atoms with Crippen molar-refractivity contribution in [3.8, 4) is 11.5 Å². The highest BCUT2D eigenvalue weighted by Gasteiger charge is 2.34. The predicted molar refractivity (Wildman–Crippen MR) is 164 cm³/mol. The molecular weight excluding hydrogens is 554 g/mol. The molecule has 0 saturated heterocycles. The summed E-state index contributed by atoms with van der Waals surface area (Å²) in [7, 11) is -1.35. The molecule has 1 N–H and O–H groups in total. The number of aryl methyl sites for hydroxylation is 1. The lowest BCUT2D eigenvalue weighted by Gasteiger charge is -2.33. The lowest BCUT2D eigenvalue weighted by Crippen LogP contribution is -2.52. The van der Waals surface area contributed by atoms with Crippen molar-refractivity contribution in [3.05, 3.63) is 83.9 Å². The maximum Gasteiger partial charge on any atom is 0.264 e. The molecule has 0 bridgehead atoms. The van der Waals surface area contributed by atoms with Crippen LogP contribution in [0, 0.1) is 6.92 Å². The van der Waals surface area contributed by atoms with E-state index in [1.807, 2.05) is 45.0 Å². The highest BCUT2D eigenvalue weighted by Crippen LogP contribution is 2.32. The Morgan fingerprint density at radius 2 is 1.57 bits per heavy atom. The number of ether oxygens (including phenoxy) is 2. The predicted octanol–water partition coefficient (Wildman–Crippen LogP) is 4.93. The number of unbranched alkanes of at least 4 members (excludes halogenated alkanes) is 1. The van der Waals surface area contributed by atoms with Crippen LogP contribution in [-0.4, -0.2) is 58.5 Å². The Kier molecular flexibility index (Phi) is 11.8. The van der Waals surface area contributed by atoms with Crippen molar-refractivity contribution in [1.82, 2.24) is 10.2 Å². The molecule has 0 fully saturated rings. The Labute approximate surface area is 249 Å². The summed E-state index contributed by atoms with van der Waals surface area (Å²) in [6, 6.07) is 19.7. The van der Waals surface area contributed by atoms with Gasteiger partial charge in [0, 0.05) is 19.2 Å². The molecule has 226 valence electrons. The number of anilines is 1. The number of hydrogen-bond acceptors (Lipinski definition) is 6. The number of sulfonamides is 1. The Bertz CT molecular complexity index is 1430. The van der Waals surface area contributed by atoms with Gasteiger partial charge in [-0.2, -0.15) is 0 Å². The molecule has 3 rings (SSSR count). The maximum atomic E-state index is 14.1. The number of para-hydroxylation sites is 1. The van der Waals surface area contributed by atoms with Gasteiger partial charge in [0.1, 0.15) is 12.6 Å². The number of methoxy groups -OCH3 is 2. The van der Waals surface area contributed by atoms with Crippen molar-refractivity contribution >= 4 is 27.5 Å². The summed E-state index contributed by atoms with van der Waals surface area (Å²) < 4.78 is 39.8. The second-order valence-electron chi connectivity index (χ2n) is 9.94. The number of carbonyl (C=O) groups is 2. The fourth-order valence-electron chi connectivity index (χ4n) is 4.54. The van der Waals surface area contributed by atoms with Gasteiger partial charge in [-0.25, -0.2) is 8.42 Å². The van der Waals surface area contributed by atoms with Crippen LogP contribution in [0.5, 0.6) is 11.5 Å². The van der Waals surface area contributed by atoms with E-state index in [-0.39, 0.29) is 23.1 Å². The van der Waals surface area contributed by atoms with Gasteiger partial charge >= 0.3 is 0 Å². The number of amides is 2. The fourth-order valence-corrected chi connectivity index (χ4v) is 5.97. The number of rotatable bonds is 15. The van der Waals surface area contributed by atoms with Crippen LogP contribution in [0.1, 0.15) is 44.2 Å². The second-order valence-corrected chi connectivity index (χ2v) is 11.8. The van der Waals surface area contributed by atoms with E-state index in [9.17, 15) is 18.0 Å². The molecule has 2 amide bonds. The average Bonchev–Trinajstić information content (AvgIpc) is 3.00. The number of benzene rings is 3. The van der Waals surface area contributed by atoms with Crippen LogP contribution in [0.2, 0.25) is 0 Å². The third-order valence-electron chi connectivity index (χ3n) is 6.96. The van der Waals surface area contributed by atoms with E-state index in [4.69, 9.17) is 9.47 Å². The van der Waals surface area contributed by atoms with Gasteiger partial charge in [-0.15, -0.1) is 0 Å². The normalized spacial score (nSPS) is 11.8. The molecule has 9 nitrogen and oxygen atoms in total. The van der Waals surface area contributed by atoms with Crippen molar-refractivity contribution in [2.24, 2.45) is 0 Å². The second kappa shape index (κ2) is 15.3. The van der Waals surface area contributed by atoms with Gasteiger partial charge in [-0.3, -0.25) is 13.9 Å². The van der Waals surface area contributed by atoms with E-state index < -0.39 is 28.5 Å². The number of nitrogens with one attached hydrogen (secondary N) is 1. The van der Waals surface area contributed by atoms with Gasteiger partial charge in [0.25, 0.3) is 10.0 Å². The third kappa shape index (κ3) is 8.03. The fraction of sp³-hybridized carbons (Fsp3) is 0.375. The zero-order valence-corrected chi connectivity index (χ0v) is 25.8. The molecule has 0 saturated carbocycles. The summed E-state index contributed by atoms with van der Waals surface area (Å²) in [5.41, 5.74) is 2.22. The van der Waals surface area contributed by atoms with Gasteiger partial charge in [0.05, 0.1) is 24.8 Å². The molecule has 3 aromatic rings. The van der Waals surface area contributed by atoms with Gasteiger partial charge in [0.2, 0.25) is 11.8 Å². The first-order valence-electron chi connectivity index (χ1n) is 14.1. The average molecular weight is 596 g/mol. The van der Waals surface area contributed by atoms with Crippen molar-refractivity contribution in [1.29, 1.82) is 0 Å². The van der Waals surface area contributed by atoms with Crippen LogP contribution >= 0.6 is 0 Å². The van der Waals surface area contributed by atoms with Crippen LogP contribution in [-0.2, 0) is 26.2 Å². The van der Waals surface area contributed by atoms with Gasteiger partial charge in [0.15, 0.2) is 11.5 Å². The number of nitrogens with zero attached hydrogens (tertiary/aromatic N) is 2. The SMILES string of the molecule is CCCCNC(=O)[C@@H](CC)N(Cc1ccc(C)cc1)C(=O)CN(c1ccccc1)S(=O)(=O)c1ccc(OC)c(OC)c1. The first kappa shape index (κ1) is 32.5. The highest BCUT2D eigenvalue weighted by atomic mass is 32.2. The smallest absolute Gasteiger partial charge is 0.264 e. The lowest BCUT2D eigenvalue weighted by molar-refractivity contribution is -0.140. The summed E-state index contributed by atoms with van der Waals surface area (Å²) in [5, 5.41) is 2.94. The summed E-state index contributed by atoms with van der Waals surface area (Å²) in [4.78, 5) is 28.8. The van der Waals surface area contributed by atoms with E-state index in [1.165, 1.54) is 37.3 Å². The van der Waals surface area contributed by atoms with Crippen molar-refractivity contribution in [2.75, 3.05) is 31.6 Å². The Balaban J connectivity index is 2.04. The molecule has 0 aromatic heterocycles. The summed E-state index contributed by atoms with van der Waals surface area (Å²) in [5.74, 6) is -0.141. The molecule has 42 heavy (non-hydrogen) atoms. The number of hydrogen-bond donors (Lipinski definition) is 1. The molecule has 0 radical (unpaired) electrons. The molecule has 10 heteroatoms. The van der Waals surface area contributed by atoms with Crippen LogP contribution in [0.25, 0.3) is 0 Å². The first-order chi connectivity index (χ1) is 20.2. The molecule has 0 aliphatic heterocycles. The largest absolute Gasteiger partial charge is 0.493 e. The summed E-state index contributed by atoms with van der Waals surface area (Å²) in [6.45, 7) is 5.99. The van der Waals surface area contributed by atoms with E-state index >= 15 is 0 Å². The molecule has 3 aromatic carbocycles. The molecule has 1 atom stereocenters. The monoisotopic (exact) mass is 595 g/mol. The third-order valence-corrected chi connectivity index (χ3v) is 8.72. The van der Waals surface area contributed by atoms with Crippen molar-refractivity contribution in [2.45, 2.75) is 57.5 Å². The molecule has 0 spiro atoms. The minimum absolute atomic E-state index is 0.0637. The van der Waals surface area contributed by atoms with E-state index in [1.54, 1.807) is 30.3 Å². The Hall–Kier alpha value is -4.05. The summed E-state index contributed by atoms with van der Waals surface area (Å²) >= 11 is 0. The molecule has 0 aliphatic rings. The van der Waals surface area contributed by atoms with Gasteiger partial charge in [-0.1, -0.05) is 68.3 Å². The van der Waals surface area contributed by atoms with Gasteiger partial charge in [-0.05, 0) is 49.6 Å². The van der Waals surface area contributed by atoms with E-state index in [0.29, 0.717) is 24.4 Å². The maximum absolute atomic E-state index is 14.1. The summed E-state index contributed by atoms with van der Waals surface area (Å²) in [6.07, 6.45) is 2.10. The van der Waals surface area contributed by atoms with Crippen LogP contribution in [0.4, 0.5) is 5.69 Å². The standard InChI is InChI=1S/C32H41N3O6S/c1-6-8-20-33-32(37)28(7-2)34(22-25-16-14-24(3)15-17-25)31(36)23-35(26-12-10-9-11-13-26)42(38,39)27-18-19-29(40-4)30(21-27)41-5/h9-19,21,28H,6-8,20,22-23H2,1-5H3,(H,33,37)/t28-/m1/s1. The van der Waals surface area contributed by atoms with Gasteiger partial charge < -0.3 is 19.7 Å². The molecule has 0 aliphatic carbocycles. The zero-order valence-electron chi connectivity index (χ0n) is 25.0. The molecule has 0 heterocycles. The Morgan fingerprint density at radius 1 is 0.905 bits per heavy atom. The van der Waals surface area contributed by atoms with E-state index in [2.05, 4.69) is 5.32 Å². The van der Waals surface area contributed by atoms with Crippen LogP contribution < -0.4 is 19.1 Å². The minimum Gasteiger partial charge on any atom is -0.493 e. The van der Waals surface area contributed by atoms with Crippen LogP contribution in [0.3, 0.4) is 0 Å². The minimum atomic E-state index is -4.24. The zero-order chi connectivity index (χ0) is 30.7. The van der Waals surface area contributed by atoms with Crippen LogP contribution in [0.15, 0.2) is 77.7 Å². The number of carbonyl (C=O) groups excluding carboxylic acids is 2. The van der Waals surface area contributed by atoms with Crippen molar-refractivity contribution in [3.63, 3.8) is 0 Å². The lowest BCUT2D eigenvalue weighted by atomic mass is 10.1. The molecular formula is C32H41N3O6S. The first-order valence-corrected chi connectivity index (χ1v) is 15.5. The quantitative estimate of drug-likeness (QED) is 0.250.